The third kappa shape index (κ3) is 3.28. The third-order valence-corrected chi connectivity index (χ3v) is 3.88. The van der Waals surface area contributed by atoms with E-state index in [1.54, 1.807) is 7.11 Å². The molecule has 1 fully saturated rings. The molecule has 1 aromatic heterocycles. The molecule has 6 nitrogen and oxygen atoms in total. The average molecular weight is 303 g/mol. The van der Waals surface area contributed by atoms with E-state index in [-0.39, 0.29) is 6.10 Å². The Hall–Kier alpha value is -1.92. The molecule has 0 saturated carbocycles. The minimum absolute atomic E-state index is 0.236. The van der Waals surface area contributed by atoms with Crippen LogP contribution < -0.4 is 4.74 Å². The number of methoxy groups -OCH3 is 1. The molecule has 1 aliphatic heterocycles. The summed E-state index contributed by atoms with van der Waals surface area (Å²) in [5, 5.41) is 8.29. The van der Waals surface area contributed by atoms with Gasteiger partial charge in [0.1, 0.15) is 5.75 Å². The molecule has 1 aromatic carbocycles. The summed E-state index contributed by atoms with van der Waals surface area (Å²) < 4.78 is 16.6. The van der Waals surface area contributed by atoms with Crippen molar-refractivity contribution in [1.82, 2.24) is 15.1 Å². The summed E-state index contributed by atoms with van der Waals surface area (Å²) in [4.78, 5) is 2.31. The Morgan fingerprint density at radius 1 is 1.23 bits per heavy atom. The second kappa shape index (κ2) is 6.46. The summed E-state index contributed by atoms with van der Waals surface area (Å²) in [7, 11) is 1.64. The average Bonchev–Trinajstić information content (AvgIpc) is 2.99. The highest BCUT2D eigenvalue weighted by Gasteiger charge is 2.25. The summed E-state index contributed by atoms with van der Waals surface area (Å²) in [6.45, 7) is 6.49. The molecular weight excluding hydrogens is 282 g/mol. The highest BCUT2D eigenvalue weighted by atomic mass is 16.5. The lowest BCUT2D eigenvalue weighted by molar-refractivity contribution is -0.0550. The largest absolute Gasteiger partial charge is 0.497 e. The molecule has 0 unspecified atom stereocenters. The molecule has 2 heterocycles. The lowest BCUT2D eigenvalue weighted by Gasteiger charge is -2.35. The van der Waals surface area contributed by atoms with E-state index in [0.29, 0.717) is 24.4 Å². The summed E-state index contributed by atoms with van der Waals surface area (Å²) in [5.41, 5.74) is 0.892. The lowest BCUT2D eigenvalue weighted by Crippen LogP contribution is -2.46. The molecule has 118 valence electrons. The summed E-state index contributed by atoms with van der Waals surface area (Å²) in [5.74, 6) is 1.97. The topological polar surface area (TPSA) is 60.6 Å². The van der Waals surface area contributed by atoms with Crippen LogP contribution in [-0.4, -0.2) is 47.5 Å². The predicted molar refractivity (Wildman–Crippen MR) is 81.6 cm³/mol. The molecule has 22 heavy (non-hydrogen) atoms. The fourth-order valence-corrected chi connectivity index (χ4v) is 2.53. The van der Waals surface area contributed by atoms with Crippen LogP contribution in [0.3, 0.4) is 0 Å². The molecule has 0 N–H and O–H groups in total. The monoisotopic (exact) mass is 303 g/mol. The van der Waals surface area contributed by atoms with Crippen LogP contribution in [0.5, 0.6) is 5.75 Å². The van der Waals surface area contributed by atoms with Crippen LogP contribution in [0.25, 0.3) is 11.5 Å². The molecule has 1 saturated heterocycles. The van der Waals surface area contributed by atoms with Gasteiger partial charge in [-0.05, 0) is 38.1 Å². The Morgan fingerprint density at radius 3 is 2.73 bits per heavy atom. The van der Waals surface area contributed by atoms with Crippen molar-refractivity contribution in [2.24, 2.45) is 0 Å². The van der Waals surface area contributed by atoms with Crippen molar-refractivity contribution in [2.75, 3.05) is 20.3 Å². The first-order valence-electron chi connectivity index (χ1n) is 7.48. The molecule has 0 aliphatic carbocycles. The van der Waals surface area contributed by atoms with Crippen LogP contribution in [0.15, 0.2) is 28.7 Å². The Labute approximate surface area is 130 Å². The number of ether oxygens (including phenoxy) is 2. The van der Waals surface area contributed by atoms with E-state index in [1.165, 1.54) is 0 Å². The number of hydrogen-bond acceptors (Lipinski definition) is 6. The highest BCUT2D eigenvalue weighted by molar-refractivity contribution is 5.53. The van der Waals surface area contributed by atoms with E-state index in [4.69, 9.17) is 13.9 Å². The van der Waals surface area contributed by atoms with Gasteiger partial charge in [0.05, 0.1) is 26.4 Å². The molecule has 1 aliphatic rings. The van der Waals surface area contributed by atoms with Gasteiger partial charge in [0.25, 0.3) is 0 Å². The van der Waals surface area contributed by atoms with Crippen molar-refractivity contribution in [3.8, 4) is 17.2 Å². The van der Waals surface area contributed by atoms with Crippen LogP contribution in [0.4, 0.5) is 0 Å². The second-order valence-electron chi connectivity index (χ2n) is 5.65. The zero-order valence-corrected chi connectivity index (χ0v) is 13.2. The predicted octanol–water partition coefficient (Wildman–Crippen LogP) is 2.35. The van der Waals surface area contributed by atoms with Crippen molar-refractivity contribution in [2.45, 2.75) is 32.5 Å². The van der Waals surface area contributed by atoms with Gasteiger partial charge in [0.2, 0.25) is 11.8 Å². The van der Waals surface area contributed by atoms with Crippen molar-refractivity contribution in [3.63, 3.8) is 0 Å². The van der Waals surface area contributed by atoms with Gasteiger partial charge in [-0.1, -0.05) is 0 Å². The standard InChI is InChI=1S/C16H21N3O3/c1-11-10-21-12(2)8-19(11)9-15-17-18-16(22-15)13-4-6-14(20-3)7-5-13/h4-7,11-12H,8-10H2,1-3H3/t11-,12-/m1/s1. The van der Waals surface area contributed by atoms with Crippen molar-refractivity contribution < 1.29 is 13.9 Å². The molecule has 2 aromatic rings. The van der Waals surface area contributed by atoms with Gasteiger partial charge >= 0.3 is 0 Å². The highest BCUT2D eigenvalue weighted by Crippen LogP contribution is 2.22. The first kappa shape index (κ1) is 15.0. The van der Waals surface area contributed by atoms with Crippen LogP contribution in [0, 0.1) is 0 Å². The van der Waals surface area contributed by atoms with Gasteiger partial charge in [-0.25, -0.2) is 0 Å². The molecule has 0 amide bonds. The maximum atomic E-state index is 5.78. The quantitative estimate of drug-likeness (QED) is 0.864. The smallest absolute Gasteiger partial charge is 0.247 e. The van der Waals surface area contributed by atoms with Gasteiger partial charge in [-0.15, -0.1) is 10.2 Å². The molecule has 6 heteroatoms. The van der Waals surface area contributed by atoms with Crippen molar-refractivity contribution >= 4 is 0 Å². The molecular formula is C16H21N3O3. The Kier molecular flexibility index (Phi) is 4.40. The minimum Gasteiger partial charge on any atom is -0.497 e. The fourth-order valence-electron chi connectivity index (χ4n) is 2.53. The molecule has 0 spiro atoms. The third-order valence-electron chi connectivity index (χ3n) is 3.88. The maximum absolute atomic E-state index is 5.78. The zero-order chi connectivity index (χ0) is 15.5. The number of benzene rings is 1. The van der Waals surface area contributed by atoms with E-state index in [1.807, 2.05) is 24.3 Å². The van der Waals surface area contributed by atoms with Gasteiger partial charge in [0.15, 0.2) is 0 Å². The Morgan fingerprint density at radius 2 is 2.00 bits per heavy atom. The maximum Gasteiger partial charge on any atom is 0.247 e. The molecule has 0 radical (unpaired) electrons. The summed E-state index contributed by atoms with van der Waals surface area (Å²) >= 11 is 0. The van der Waals surface area contributed by atoms with Gasteiger partial charge < -0.3 is 13.9 Å². The molecule has 3 rings (SSSR count). The molecule has 0 bridgehead atoms. The van der Waals surface area contributed by atoms with E-state index < -0.39 is 0 Å². The number of hydrogen-bond donors (Lipinski definition) is 0. The van der Waals surface area contributed by atoms with Crippen LogP contribution in [0.2, 0.25) is 0 Å². The first-order valence-corrected chi connectivity index (χ1v) is 7.48. The van der Waals surface area contributed by atoms with E-state index in [9.17, 15) is 0 Å². The SMILES string of the molecule is COc1ccc(-c2nnc(CN3C[C@@H](C)OC[C@H]3C)o2)cc1. The fraction of sp³-hybridized carbons (Fsp3) is 0.500. The van der Waals surface area contributed by atoms with Crippen LogP contribution in [0.1, 0.15) is 19.7 Å². The van der Waals surface area contributed by atoms with E-state index in [2.05, 4.69) is 28.9 Å². The summed E-state index contributed by atoms with van der Waals surface area (Å²) in [6.07, 6.45) is 0.236. The lowest BCUT2D eigenvalue weighted by atomic mass is 10.2. The van der Waals surface area contributed by atoms with E-state index in [0.717, 1.165) is 24.5 Å². The van der Waals surface area contributed by atoms with Crippen LogP contribution >= 0.6 is 0 Å². The number of rotatable bonds is 4. The van der Waals surface area contributed by atoms with Gasteiger partial charge in [-0.3, -0.25) is 4.90 Å². The van der Waals surface area contributed by atoms with Gasteiger partial charge in [0, 0.05) is 18.2 Å². The van der Waals surface area contributed by atoms with Crippen LogP contribution in [-0.2, 0) is 11.3 Å². The number of morpholine rings is 1. The number of aromatic nitrogens is 2. The summed E-state index contributed by atoms with van der Waals surface area (Å²) in [6, 6.07) is 7.94. The van der Waals surface area contributed by atoms with Crippen molar-refractivity contribution in [3.05, 3.63) is 30.2 Å². The Bertz CT molecular complexity index is 611. The van der Waals surface area contributed by atoms with Crippen molar-refractivity contribution in [1.29, 1.82) is 0 Å². The normalized spacial score (nSPS) is 22.7. The zero-order valence-electron chi connectivity index (χ0n) is 13.2. The number of nitrogens with zero attached hydrogens (tertiary/aromatic N) is 3. The second-order valence-corrected chi connectivity index (χ2v) is 5.65. The van der Waals surface area contributed by atoms with E-state index >= 15 is 0 Å². The first-order chi connectivity index (χ1) is 10.7. The minimum atomic E-state index is 0.236. The van der Waals surface area contributed by atoms with Gasteiger partial charge in [-0.2, -0.15) is 0 Å². The Balaban J connectivity index is 1.70. The molecule has 2 atom stereocenters.